The zero-order chi connectivity index (χ0) is 12.2. The van der Waals surface area contributed by atoms with Crippen LogP contribution in [0.2, 0.25) is 0 Å². The predicted octanol–water partition coefficient (Wildman–Crippen LogP) is 1.92. The fourth-order valence-corrected chi connectivity index (χ4v) is 1.66. The molecule has 1 saturated carbocycles. The molecule has 0 aliphatic heterocycles. The van der Waals surface area contributed by atoms with Crippen LogP contribution in [0.1, 0.15) is 39.5 Å². The van der Waals surface area contributed by atoms with Crippen molar-refractivity contribution in [1.82, 2.24) is 0 Å². The van der Waals surface area contributed by atoms with E-state index in [1.165, 1.54) is 0 Å². The van der Waals surface area contributed by atoms with Gasteiger partial charge in [-0.15, -0.1) is 0 Å². The van der Waals surface area contributed by atoms with E-state index in [1.54, 1.807) is 7.11 Å². The van der Waals surface area contributed by atoms with Crippen molar-refractivity contribution in [2.75, 3.05) is 20.3 Å². The number of methoxy groups -OCH3 is 1. The van der Waals surface area contributed by atoms with E-state index in [-0.39, 0.29) is 16.9 Å². The molecule has 0 unspecified atom stereocenters. The van der Waals surface area contributed by atoms with Gasteiger partial charge in [0.05, 0.1) is 18.0 Å². The van der Waals surface area contributed by atoms with Crippen LogP contribution in [0.5, 0.6) is 0 Å². The quantitative estimate of drug-likeness (QED) is 0.379. The molecule has 3 N–H and O–H groups in total. The van der Waals surface area contributed by atoms with Gasteiger partial charge in [-0.1, -0.05) is 0 Å². The highest BCUT2D eigenvalue weighted by Crippen LogP contribution is 2.48. The largest absolute Gasteiger partial charge is 0.388 e. The lowest BCUT2D eigenvalue weighted by Gasteiger charge is -2.23. The summed E-state index contributed by atoms with van der Waals surface area (Å²) in [5.74, 6) is 0.276. The van der Waals surface area contributed by atoms with Crippen molar-refractivity contribution in [3.05, 3.63) is 0 Å². The number of amidine groups is 1. The molecule has 1 fully saturated rings. The van der Waals surface area contributed by atoms with Crippen LogP contribution in [0.25, 0.3) is 0 Å². The average molecular weight is 228 g/mol. The standard InChI is InChI=1S/C12H24N2O2/c1-11(2,15-3)6-7-16-9-12(4-5-12)8-10(13)14/h4-9H2,1-3H3,(H3,13,14). The summed E-state index contributed by atoms with van der Waals surface area (Å²) >= 11 is 0. The highest BCUT2D eigenvalue weighted by molar-refractivity contribution is 5.78. The molecule has 0 aromatic rings. The summed E-state index contributed by atoms with van der Waals surface area (Å²) in [5.41, 5.74) is 5.49. The Labute approximate surface area is 98.0 Å². The summed E-state index contributed by atoms with van der Waals surface area (Å²) in [5, 5.41) is 7.30. The summed E-state index contributed by atoms with van der Waals surface area (Å²) in [6, 6.07) is 0. The van der Waals surface area contributed by atoms with Gasteiger partial charge in [0.15, 0.2) is 0 Å². The summed E-state index contributed by atoms with van der Waals surface area (Å²) in [6.07, 6.45) is 3.85. The Hall–Kier alpha value is -0.610. The van der Waals surface area contributed by atoms with Gasteiger partial charge in [0.1, 0.15) is 0 Å². The van der Waals surface area contributed by atoms with Crippen LogP contribution < -0.4 is 5.73 Å². The number of hydrogen-bond donors (Lipinski definition) is 2. The molecule has 0 aromatic heterocycles. The maximum atomic E-state index is 7.30. The second-order valence-corrected chi connectivity index (χ2v) is 5.47. The molecule has 0 amide bonds. The Balaban J connectivity index is 2.14. The van der Waals surface area contributed by atoms with E-state index < -0.39 is 0 Å². The maximum Gasteiger partial charge on any atom is 0.0911 e. The van der Waals surface area contributed by atoms with Gasteiger partial charge in [-0.25, -0.2) is 0 Å². The van der Waals surface area contributed by atoms with E-state index in [2.05, 4.69) is 13.8 Å². The molecular weight excluding hydrogens is 204 g/mol. The first-order chi connectivity index (χ1) is 7.39. The molecule has 4 heteroatoms. The fourth-order valence-electron chi connectivity index (χ4n) is 1.66. The van der Waals surface area contributed by atoms with E-state index in [4.69, 9.17) is 20.6 Å². The lowest BCUT2D eigenvalue weighted by molar-refractivity contribution is -0.0156. The van der Waals surface area contributed by atoms with Crippen LogP contribution in [0.15, 0.2) is 0 Å². The zero-order valence-electron chi connectivity index (χ0n) is 10.6. The van der Waals surface area contributed by atoms with Crippen molar-refractivity contribution in [1.29, 1.82) is 5.41 Å². The SMILES string of the molecule is COC(C)(C)CCOCC1(CC(=N)N)CC1. The monoisotopic (exact) mass is 228 g/mol. The van der Waals surface area contributed by atoms with Gasteiger partial charge in [0, 0.05) is 25.6 Å². The molecule has 0 heterocycles. The first-order valence-electron chi connectivity index (χ1n) is 5.85. The molecule has 1 rings (SSSR count). The van der Waals surface area contributed by atoms with Crippen LogP contribution in [-0.2, 0) is 9.47 Å². The Kier molecular flexibility index (Phi) is 4.33. The molecule has 0 atom stereocenters. The van der Waals surface area contributed by atoms with E-state index in [9.17, 15) is 0 Å². The van der Waals surface area contributed by atoms with Crippen molar-refractivity contribution in [3.63, 3.8) is 0 Å². The normalized spacial score (nSPS) is 18.4. The number of nitrogens with one attached hydrogen (secondary N) is 1. The second-order valence-electron chi connectivity index (χ2n) is 5.47. The van der Waals surface area contributed by atoms with Crippen LogP contribution in [-0.4, -0.2) is 31.8 Å². The molecule has 0 radical (unpaired) electrons. The van der Waals surface area contributed by atoms with Crippen LogP contribution in [0.3, 0.4) is 0 Å². The molecule has 1 aliphatic carbocycles. The minimum Gasteiger partial charge on any atom is -0.388 e. The summed E-state index contributed by atoms with van der Waals surface area (Å²) in [7, 11) is 1.72. The second kappa shape index (κ2) is 5.15. The smallest absolute Gasteiger partial charge is 0.0911 e. The van der Waals surface area contributed by atoms with Gasteiger partial charge in [0.2, 0.25) is 0 Å². The zero-order valence-corrected chi connectivity index (χ0v) is 10.6. The molecule has 0 aromatic carbocycles. The Morgan fingerprint density at radius 2 is 2.06 bits per heavy atom. The van der Waals surface area contributed by atoms with Crippen molar-refractivity contribution in [2.45, 2.75) is 45.1 Å². The number of ether oxygens (including phenoxy) is 2. The Morgan fingerprint density at radius 3 is 2.50 bits per heavy atom. The molecule has 4 nitrogen and oxygen atoms in total. The van der Waals surface area contributed by atoms with Gasteiger partial charge >= 0.3 is 0 Å². The average Bonchev–Trinajstić information content (AvgIpc) is 2.92. The third-order valence-corrected chi connectivity index (χ3v) is 3.33. The third kappa shape index (κ3) is 4.49. The van der Waals surface area contributed by atoms with Gasteiger partial charge in [-0.2, -0.15) is 0 Å². The molecule has 0 saturated heterocycles. The first-order valence-corrected chi connectivity index (χ1v) is 5.85. The van der Waals surface area contributed by atoms with E-state index in [1.807, 2.05) is 0 Å². The van der Waals surface area contributed by atoms with E-state index in [0.717, 1.165) is 25.9 Å². The number of hydrogen-bond acceptors (Lipinski definition) is 3. The maximum absolute atomic E-state index is 7.30. The van der Waals surface area contributed by atoms with E-state index >= 15 is 0 Å². The van der Waals surface area contributed by atoms with Crippen molar-refractivity contribution in [2.24, 2.45) is 11.1 Å². The van der Waals surface area contributed by atoms with Crippen LogP contribution >= 0.6 is 0 Å². The van der Waals surface area contributed by atoms with Gasteiger partial charge in [0.25, 0.3) is 0 Å². The first kappa shape index (κ1) is 13.5. The van der Waals surface area contributed by atoms with Gasteiger partial charge in [-0.3, -0.25) is 5.41 Å². The number of nitrogens with two attached hydrogens (primary N) is 1. The highest BCUT2D eigenvalue weighted by atomic mass is 16.5. The topological polar surface area (TPSA) is 68.3 Å². The number of rotatable bonds is 8. The molecule has 0 spiro atoms. The fraction of sp³-hybridized carbons (Fsp3) is 0.917. The molecule has 1 aliphatic rings. The lowest BCUT2D eigenvalue weighted by atomic mass is 10.0. The van der Waals surface area contributed by atoms with E-state index in [0.29, 0.717) is 13.0 Å². The summed E-state index contributed by atoms with van der Waals surface area (Å²) in [6.45, 7) is 5.55. The molecule has 0 bridgehead atoms. The molecule has 94 valence electrons. The highest BCUT2D eigenvalue weighted by Gasteiger charge is 2.43. The minimum atomic E-state index is -0.114. The minimum absolute atomic E-state index is 0.114. The lowest BCUT2D eigenvalue weighted by Crippen LogP contribution is -2.26. The third-order valence-electron chi connectivity index (χ3n) is 3.33. The summed E-state index contributed by atoms with van der Waals surface area (Å²) < 4.78 is 11.0. The van der Waals surface area contributed by atoms with Gasteiger partial charge in [-0.05, 0) is 33.1 Å². The van der Waals surface area contributed by atoms with Crippen molar-refractivity contribution in [3.8, 4) is 0 Å². The Bertz CT molecular complexity index is 247. The summed E-state index contributed by atoms with van der Waals surface area (Å²) in [4.78, 5) is 0. The van der Waals surface area contributed by atoms with Crippen LogP contribution in [0.4, 0.5) is 0 Å². The van der Waals surface area contributed by atoms with Crippen LogP contribution in [0, 0.1) is 10.8 Å². The van der Waals surface area contributed by atoms with Gasteiger partial charge < -0.3 is 15.2 Å². The van der Waals surface area contributed by atoms with Crippen molar-refractivity contribution >= 4 is 5.84 Å². The Morgan fingerprint density at radius 1 is 1.44 bits per heavy atom. The molecule has 16 heavy (non-hydrogen) atoms. The predicted molar refractivity (Wildman–Crippen MR) is 64.7 cm³/mol. The van der Waals surface area contributed by atoms with Crippen molar-refractivity contribution < 1.29 is 9.47 Å². The molecular formula is C12H24N2O2.